The number of nitrogens with zero attached hydrogens (tertiary/aromatic N) is 4. The molecule has 3 rings (SSSR count). The Hall–Kier alpha value is -3.42. The Labute approximate surface area is 183 Å². The van der Waals surface area contributed by atoms with E-state index in [2.05, 4.69) is 32.5 Å². The summed E-state index contributed by atoms with van der Waals surface area (Å²) in [5.41, 5.74) is 0.608. The number of nitrogens with one attached hydrogen (secondary N) is 2. The summed E-state index contributed by atoms with van der Waals surface area (Å²) in [5, 5.41) is 6.15. The molecule has 0 saturated carbocycles. The molecule has 2 N–H and O–H groups in total. The minimum absolute atomic E-state index is 0.118. The number of aromatic nitrogens is 4. The maximum absolute atomic E-state index is 12.4. The molecule has 0 aliphatic rings. The zero-order valence-corrected chi connectivity index (χ0v) is 18.4. The van der Waals surface area contributed by atoms with Crippen molar-refractivity contribution in [1.82, 2.24) is 24.8 Å². The van der Waals surface area contributed by atoms with Crippen LogP contribution in [0.25, 0.3) is 5.82 Å². The molecule has 0 saturated heterocycles. The van der Waals surface area contributed by atoms with Crippen LogP contribution < -0.4 is 15.4 Å². The van der Waals surface area contributed by atoms with Gasteiger partial charge in [-0.1, -0.05) is 19.8 Å². The van der Waals surface area contributed by atoms with Crippen molar-refractivity contribution in [1.29, 1.82) is 0 Å². The summed E-state index contributed by atoms with van der Waals surface area (Å²) in [4.78, 5) is 25.5. The highest BCUT2D eigenvalue weighted by molar-refractivity contribution is 5.94. The van der Waals surface area contributed by atoms with E-state index < -0.39 is 0 Å². The lowest BCUT2D eigenvalue weighted by Gasteiger charge is -2.11. The molecule has 31 heavy (non-hydrogen) atoms. The Kier molecular flexibility index (Phi) is 7.98. The molecule has 2 aromatic heterocycles. The number of unbranched alkanes of at least 4 members (excludes halogenated alkanes) is 2. The lowest BCUT2D eigenvalue weighted by atomic mass is 10.2. The normalized spacial score (nSPS) is 10.7. The van der Waals surface area contributed by atoms with Crippen molar-refractivity contribution in [3.05, 3.63) is 59.9 Å². The van der Waals surface area contributed by atoms with Crippen LogP contribution in [-0.2, 0) is 0 Å². The number of aryl methyl sites for hydroxylation is 2. The van der Waals surface area contributed by atoms with Crippen molar-refractivity contribution in [2.45, 2.75) is 40.0 Å². The van der Waals surface area contributed by atoms with Crippen molar-refractivity contribution >= 4 is 11.7 Å². The Balaban J connectivity index is 1.46. The largest absolute Gasteiger partial charge is 0.494 e. The first kappa shape index (κ1) is 22.3. The van der Waals surface area contributed by atoms with Gasteiger partial charge >= 0.3 is 0 Å². The molecule has 164 valence electrons. The number of imidazole rings is 1. The number of anilines is 1. The summed E-state index contributed by atoms with van der Waals surface area (Å²) in [5.74, 6) is 3.65. The Morgan fingerprint density at radius 3 is 2.61 bits per heavy atom. The summed E-state index contributed by atoms with van der Waals surface area (Å²) in [6, 6.07) is 9.10. The highest BCUT2D eigenvalue weighted by atomic mass is 16.5. The van der Waals surface area contributed by atoms with Gasteiger partial charge in [-0.05, 0) is 44.5 Å². The molecule has 0 aliphatic carbocycles. The van der Waals surface area contributed by atoms with Crippen molar-refractivity contribution in [2.75, 3.05) is 25.0 Å². The smallest absolute Gasteiger partial charge is 0.251 e. The third kappa shape index (κ3) is 6.53. The van der Waals surface area contributed by atoms with Gasteiger partial charge in [-0.15, -0.1) is 0 Å². The number of amides is 1. The highest BCUT2D eigenvalue weighted by Gasteiger charge is 2.08. The van der Waals surface area contributed by atoms with Crippen LogP contribution in [0.3, 0.4) is 0 Å². The van der Waals surface area contributed by atoms with E-state index in [9.17, 15) is 4.79 Å². The second-order valence-corrected chi connectivity index (χ2v) is 7.27. The Bertz CT molecular complexity index is 984. The molecule has 8 heteroatoms. The first-order valence-corrected chi connectivity index (χ1v) is 10.7. The molecule has 1 amide bonds. The number of carbonyl (C=O) groups excluding carboxylic acids is 1. The van der Waals surface area contributed by atoms with Crippen molar-refractivity contribution in [2.24, 2.45) is 0 Å². The van der Waals surface area contributed by atoms with Gasteiger partial charge in [-0.2, -0.15) is 0 Å². The zero-order chi connectivity index (χ0) is 22.1. The van der Waals surface area contributed by atoms with Crippen molar-refractivity contribution < 1.29 is 9.53 Å². The molecular weight excluding hydrogens is 392 g/mol. The van der Waals surface area contributed by atoms with Gasteiger partial charge in [0, 0.05) is 37.1 Å². The van der Waals surface area contributed by atoms with Gasteiger partial charge in [0.2, 0.25) is 0 Å². The number of carbonyl (C=O) groups is 1. The summed E-state index contributed by atoms with van der Waals surface area (Å²) in [6.45, 7) is 7.65. The number of benzene rings is 1. The molecule has 0 atom stereocenters. The van der Waals surface area contributed by atoms with Crippen LogP contribution >= 0.6 is 0 Å². The molecular formula is C23H30N6O2. The number of rotatable bonds is 11. The fourth-order valence-corrected chi connectivity index (χ4v) is 3.10. The highest BCUT2D eigenvalue weighted by Crippen LogP contribution is 2.14. The first-order chi connectivity index (χ1) is 15.1. The van der Waals surface area contributed by atoms with E-state index in [0.29, 0.717) is 36.9 Å². The lowest BCUT2D eigenvalue weighted by Crippen LogP contribution is -2.29. The maximum atomic E-state index is 12.4. The predicted octanol–water partition coefficient (Wildman–Crippen LogP) is 3.69. The molecule has 3 aromatic rings. The monoisotopic (exact) mass is 422 g/mol. The zero-order valence-electron chi connectivity index (χ0n) is 18.4. The van der Waals surface area contributed by atoms with Crippen LogP contribution in [0.5, 0.6) is 5.75 Å². The van der Waals surface area contributed by atoms with Gasteiger partial charge in [0.05, 0.1) is 6.61 Å². The molecule has 0 aliphatic heterocycles. The van der Waals surface area contributed by atoms with E-state index in [0.717, 1.165) is 30.2 Å². The topological polar surface area (TPSA) is 94.0 Å². The summed E-state index contributed by atoms with van der Waals surface area (Å²) in [6.07, 6.45) is 6.97. The fraction of sp³-hybridized carbons (Fsp3) is 0.391. The van der Waals surface area contributed by atoms with Gasteiger partial charge in [0.1, 0.15) is 29.0 Å². The van der Waals surface area contributed by atoms with Crippen LogP contribution in [0.4, 0.5) is 5.82 Å². The molecule has 8 nitrogen and oxygen atoms in total. The predicted molar refractivity (Wildman–Crippen MR) is 121 cm³/mol. The van der Waals surface area contributed by atoms with E-state index >= 15 is 0 Å². The third-order valence-electron chi connectivity index (χ3n) is 4.75. The number of hydrogen-bond acceptors (Lipinski definition) is 6. The van der Waals surface area contributed by atoms with E-state index in [4.69, 9.17) is 4.74 Å². The van der Waals surface area contributed by atoms with Crippen LogP contribution in [0, 0.1) is 13.8 Å². The summed E-state index contributed by atoms with van der Waals surface area (Å²) < 4.78 is 7.59. The second kappa shape index (κ2) is 11.1. The van der Waals surface area contributed by atoms with Gasteiger partial charge < -0.3 is 15.4 Å². The average Bonchev–Trinajstić information content (AvgIpc) is 3.20. The summed E-state index contributed by atoms with van der Waals surface area (Å²) >= 11 is 0. The van der Waals surface area contributed by atoms with E-state index in [1.165, 1.54) is 6.42 Å². The maximum Gasteiger partial charge on any atom is 0.251 e. The first-order valence-electron chi connectivity index (χ1n) is 10.7. The van der Waals surface area contributed by atoms with Crippen LogP contribution in [0.15, 0.2) is 42.7 Å². The third-order valence-corrected chi connectivity index (χ3v) is 4.75. The molecule has 0 spiro atoms. The fourth-order valence-electron chi connectivity index (χ4n) is 3.10. The van der Waals surface area contributed by atoms with E-state index in [1.54, 1.807) is 18.3 Å². The molecule has 2 heterocycles. The van der Waals surface area contributed by atoms with Gasteiger partial charge in [-0.3, -0.25) is 9.36 Å². The molecule has 0 fully saturated rings. The standard InChI is InChI=1S/C23H30N6O2/c1-4-5-6-15-31-20-9-7-19(8-10-20)23(30)26-12-11-25-21-16-22(28-17(2)27-21)29-14-13-24-18(29)3/h7-10,13-14,16H,4-6,11-12,15H2,1-3H3,(H,26,30)(H,25,27,28). The molecule has 0 bridgehead atoms. The van der Waals surface area contributed by atoms with Crippen molar-refractivity contribution in [3.8, 4) is 11.6 Å². The van der Waals surface area contributed by atoms with Crippen LogP contribution in [-0.4, -0.2) is 45.1 Å². The molecule has 0 radical (unpaired) electrons. The second-order valence-electron chi connectivity index (χ2n) is 7.27. The van der Waals surface area contributed by atoms with Crippen LogP contribution in [0.1, 0.15) is 48.2 Å². The minimum atomic E-state index is -0.118. The number of hydrogen-bond donors (Lipinski definition) is 2. The van der Waals surface area contributed by atoms with Gasteiger partial charge in [0.15, 0.2) is 0 Å². The summed E-state index contributed by atoms with van der Waals surface area (Å²) in [7, 11) is 0. The Morgan fingerprint density at radius 1 is 1.10 bits per heavy atom. The lowest BCUT2D eigenvalue weighted by molar-refractivity contribution is 0.0955. The van der Waals surface area contributed by atoms with E-state index in [-0.39, 0.29) is 5.91 Å². The van der Waals surface area contributed by atoms with Crippen LogP contribution in [0.2, 0.25) is 0 Å². The van der Waals surface area contributed by atoms with Gasteiger partial charge in [-0.25, -0.2) is 15.0 Å². The molecule has 0 unspecified atom stereocenters. The average molecular weight is 423 g/mol. The quantitative estimate of drug-likeness (QED) is 0.458. The number of ether oxygens (including phenoxy) is 1. The van der Waals surface area contributed by atoms with Crippen molar-refractivity contribution in [3.63, 3.8) is 0 Å². The van der Waals surface area contributed by atoms with E-state index in [1.807, 2.05) is 42.8 Å². The minimum Gasteiger partial charge on any atom is -0.494 e. The SMILES string of the molecule is CCCCCOc1ccc(C(=O)NCCNc2cc(-n3ccnc3C)nc(C)n2)cc1. The molecule has 1 aromatic carbocycles. The van der Waals surface area contributed by atoms with Gasteiger partial charge in [0.25, 0.3) is 5.91 Å². The Morgan fingerprint density at radius 2 is 1.90 bits per heavy atom.